The van der Waals surface area contributed by atoms with E-state index >= 15 is 0 Å². The van der Waals surface area contributed by atoms with Gasteiger partial charge < -0.3 is 38.6 Å². The number of aromatic nitrogens is 2. The molecule has 2 aliphatic rings. The van der Waals surface area contributed by atoms with Gasteiger partial charge in [-0.1, -0.05) is 35.9 Å². The molecule has 7 rings (SSSR count). The van der Waals surface area contributed by atoms with Crippen LogP contribution in [-0.2, 0) is 6.54 Å². The lowest BCUT2D eigenvalue weighted by molar-refractivity contribution is 0.172. The molecule has 10 nitrogen and oxygen atoms in total. The van der Waals surface area contributed by atoms with Gasteiger partial charge in [-0.3, -0.25) is 0 Å². The predicted octanol–water partition coefficient (Wildman–Crippen LogP) is 7.52. The Bertz CT molecular complexity index is 1890. The van der Waals surface area contributed by atoms with Gasteiger partial charge in [0.05, 0.1) is 25.6 Å². The first kappa shape index (κ1) is 32.7. The molecule has 0 saturated carbocycles. The van der Waals surface area contributed by atoms with Crippen LogP contribution in [0.4, 0.5) is 11.4 Å². The van der Waals surface area contributed by atoms with Gasteiger partial charge in [0.1, 0.15) is 37.1 Å². The van der Waals surface area contributed by atoms with E-state index in [1.807, 2.05) is 66.7 Å². The molecular formula is C37H37ClN4O6. The van der Waals surface area contributed by atoms with Crippen LogP contribution in [0.25, 0.3) is 22.5 Å². The number of pyridine rings is 2. The normalized spacial score (nSPS) is 12.9. The molecule has 3 aromatic carbocycles. The summed E-state index contributed by atoms with van der Waals surface area (Å²) in [6.45, 7) is 3.07. The molecule has 0 bridgehead atoms. The maximum Gasteiger partial charge on any atom is 0.238 e. The van der Waals surface area contributed by atoms with Gasteiger partial charge >= 0.3 is 0 Å². The van der Waals surface area contributed by atoms with Gasteiger partial charge in [0.15, 0.2) is 23.0 Å². The number of hydrogen-bond donors (Lipinski definition) is 1. The van der Waals surface area contributed by atoms with Gasteiger partial charge in [-0.05, 0) is 80.3 Å². The number of benzene rings is 3. The third-order valence-electron chi connectivity index (χ3n) is 7.45. The average Bonchev–Trinajstić information content (AvgIpc) is 3.12. The Kier molecular flexibility index (Phi) is 10.3. The highest BCUT2D eigenvalue weighted by atomic mass is 35.5. The van der Waals surface area contributed by atoms with Crippen molar-refractivity contribution in [1.29, 1.82) is 0 Å². The molecule has 0 unspecified atom stereocenters. The maximum absolute atomic E-state index is 5.98. The van der Waals surface area contributed by atoms with Crippen molar-refractivity contribution in [1.82, 2.24) is 14.9 Å². The number of rotatable bonds is 8. The van der Waals surface area contributed by atoms with Crippen LogP contribution in [-0.4, -0.2) is 69.6 Å². The summed E-state index contributed by atoms with van der Waals surface area (Å²) in [4.78, 5) is 11.2. The van der Waals surface area contributed by atoms with Crippen LogP contribution >= 0.6 is 11.6 Å². The zero-order valence-corrected chi connectivity index (χ0v) is 28.0. The van der Waals surface area contributed by atoms with Gasteiger partial charge in [-0.2, -0.15) is 0 Å². The highest BCUT2D eigenvalue weighted by molar-refractivity contribution is 6.31. The summed E-state index contributed by atoms with van der Waals surface area (Å²) in [5, 5.41) is 3.90. The SMILES string of the molecule is COc1nc(-c2cccc3c2OCCO3)ccc1Cl.COc1nc(-c2cccc3c2OCCO3)ccc1Nc1cccc(CN(C)C)c1. The first-order chi connectivity index (χ1) is 23.4. The van der Waals surface area contributed by atoms with Crippen molar-refractivity contribution >= 4 is 23.0 Å². The van der Waals surface area contributed by atoms with Crippen molar-refractivity contribution in [3.05, 3.63) is 95.5 Å². The Morgan fingerprint density at radius 3 is 1.85 bits per heavy atom. The fourth-order valence-corrected chi connectivity index (χ4v) is 5.56. The highest BCUT2D eigenvalue weighted by Crippen LogP contribution is 2.41. The van der Waals surface area contributed by atoms with Crippen LogP contribution in [0.2, 0.25) is 5.02 Å². The van der Waals surface area contributed by atoms with E-state index in [9.17, 15) is 0 Å². The summed E-state index contributed by atoms with van der Waals surface area (Å²) >= 11 is 5.98. The van der Waals surface area contributed by atoms with Gasteiger partial charge in [-0.25, -0.2) is 9.97 Å². The van der Waals surface area contributed by atoms with Crippen molar-refractivity contribution in [2.75, 3.05) is 60.1 Å². The van der Waals surface area contributed by atoms with Crippen molar-refractivity contribution in [2.24, 2.45) is 0 Å². The van der Waals surface area contributed by atoms with E-state index in [1.165, 1.54) is 12.7 Å². The molecule has 0 atom stereocenters. The molecule has 0 spiro atoms. The monoisotopic (exact) mass is 668 g/mol. The van der Waals surface area contributed by atoms with Crippen LogP contribution < -0.4 is 33.7 Å². The fourth-order valence-electron chi connectivity index (χ4n) is 5.38. The third-order valence-corrected chi connectivity index (χ3v) is 7.74. The second-order valence-corrected chi connectivity index (χ2v) is 11.6. The lowest BCUT2D eigenvalue weighted by Crippen LogP contribution is -2.16. The zero-order valence-electron chi connectivity index (χ0n) is 27.3. The molecule has 11 heteroatoms. The van der Waals surface area contributed by atoms with E-state index in [2.05, 4.69) is 41.4 Å². The van der Waals surface area contributed by atoms with Crippen molar-refractivity contribution in [3.8, 4) is 57.3 Å². The Labute approximate surface area is 285 Å². The van der Waals surface area contributed by atoms with Crippen molar-refractivity contribution < 1.29 is 28.4 Å². The van der Waals surface area contributed by atoms with E-state index in [0.29, 0.717) is 49.0 Å². The number of nitrogens with one attached hydrogen (secondary N) is 1. The number of para-hydroxylation sites is 2. The Hall–Kier alpha value is -5.19. The summed E-state index contributed by atoms with van der Waals surface area (Å²) in [6.07, 6.45) is 0. The van der Waals surface area contributed by atoms with Crippen LogP contribution in [0.3, 0.4) is 0 Å². The van der Waals surface area contributed by atoms with Crippen molar-refractivity contribution in [2.45, 2.75) is 6.54 Å². The topological polar surface area (TPSA) is 96.4 Å². The second-order valence-electron chi connectivity index (χ2n) is 11.2. The molecule has 248 valence electrons. The van der Waals surface area contributed by atoms with Gasteiger partial charge in [0.2, 0.25) is 11.8 Å². The zero-order chi connectivity index (χ0) is 33.5. The standard InChI is InChI=1S/C23H25N3O3.C14H12ClNO3/c1-26(2)15-16-6-4-7-17(14-16)24-20-11-10-19(25-23(20)27-3)18-8-5-9-21-22(18)29-13-12-28-21;1-17-14-10(15)5-6-11(16-14)9-3-2-4-12-13(9)19-8-7-18-12/h4-11,14,24H,12-13,15H2,1-3H3;2-6H,7-8H2,1H3. The summed E-state index contributed by atoms with van der Waals surface area (Å²) in [5.41, 5.74) is 6.30. The van der Waals surface area contributed by atoms with E-state index in [-0.39, 0.29) is 0 Å². The number of nitrogens with zero attached hydrogens (tertiary/aromatic N) is 3. The van der Waals surface area contributed by atoms with Crippen LogP contribution in [0.15, 0.2) is 84.9 Å². The summed E-state index contributed by atoms with van der Waals surface area (Å²) in [6, 6.07) is 27.4. The van der Waals surface area contributed by atoms with Gasteiger partial charge in [0.25, 0.3) is 0 Å². The fraction of sp³-hybridized carbons (Fsp3) is 0.243. The molecule has 0 radical (unpaired) electrons. The van der Waals surface area contributed by atoms with Crippen molar-refractivity contribution in [3.63, 3.8) is 0 Å². The Morgan fingerprint density at radius 2 is 1.25 bits per heavy atom. The highest BCUT2D eigenvalue weighted by Gasteiger charge is 2.20. The molecule has 1 N–H and O–H groups in total. The number of methoxy groups -OCH3 is 2. The lowest BCUT2D eigenvalue weighted by atomic mass is 10.1. The van der Waals surface area contributed by atoms with E-state index in [0.717, 1.165) is 57.7 Å². The summed E-state index contributed by atoms with van der Waals surface area (Å²) in [5.74, 6) is 3.84. The minimum Gasteiger partial charge on any atom is -0.486 e. The predicted molar refractivity (Wildman–Crippen MR) is 187 cm³/mol. The second kappa shape index (κ2) is 15.1. The number of halogens is 1. The van der Waals surface area contributed by atoms with E-state index < -0.39 is 0 Å². The molecule has 2 aliphatic heterocycles. The quantitative estimate of drug-likeness (QED) is 0.179. The summed E-state index contributed by atoms with van der Waals surface area (Å²) in [7, 11) is 7.28. The molecule has 4 heterocycles. The largest absolute Gasteiger partial charge is 0.486 e. The van der Waals surface area contributed by atoms with E-state index in [1.54, 1.807) is 13.2 Å². The first-order valence-corrected chi connectivity index (χ1v) is 15.9. The minimum atomic E-state index is 0.397. The Morgan fingerprint density at radius 1 is 0.688 bits per heavy atom. The molecule has 0 aliphatic carbocycles. The number of hydrogen-bond acceptors (Lipinski definition) is 10. The maximum atomic E-state index is 5.98. The van der Waals surface area contributed by atoms with Crippen LogP contribution in [0.5, 0.6) is 34.8 Å². The molecule has 0 saturated heterocycles. The lowest BCUT2D eigenvalue weighted by Gasteiger charge is -2.21. The molecular weight excluding hydrogens is 632 g/mol. The first-order valence-electron chi connectivity index (χ1n) is 15.5. The molecule has 0 amide bonds. The molecule has 5 aromatic rings. The van der Waals surface area contributed by atoms with Gasteiger partial charge in [-0.15, -0.1) is 0 Å². The minimum absolute atomic E-state index is 0.397. The van der Waals surface area contributed by atoms with Crippen LogP contribution in [0.1, 0.15) is 5.56 Å². The molecule has 0 fully saturated rings. The Balaban J connectivity index is 0.000000182. The van der Waals surface area contributed by atoms with E-state index in [4.69, 9.17) is 45.0 Å². The number of anilines is 2. The van der Waals surface area contributed by atoms with Crippen LogP contribution in [0, 0.1) is 0 Å². The molecule has 48 heavy (non-hydrogen) atoms. The van der Waals surface area contributed by atoms with Gasteiger partial charge in [0, 0.05) is 23.4 Å². The molecule has 2 aromatic heterocycles. The summed E-state index contributed by atoms with van der Waals surface area (Å²) < 4.78 is 33.4. The average molecular weight is 669 g/mol. The third kappa shape index (κ3) is 7.51. The smallest absolute Gasteiger partial charge is 0.238 e. The number of ether oxygens (including phenoxy) is 6. The number of fused-ring (bicyclic) bond motifs is 2.